The molecule has 0 unspecified atom stereocenters. The second-order valence-corrected chi connectivity index (χ2v) is 14.1. The molecular weight excluding hydrogens is 794 g/mol. The van der Waals surface area contributed by atoms with Crippen LogP contribution in [-0.2, 0) is 9.59 Å². The summed E-state index contributed by atoms with van der Waals surface area (Å²) < 4.78 is 105. The van der Waals surface area contributed by atoms with E-state index in [2.05, 4.69) is 0 Å². The molecule has 8 nitrogen and oxygen atoms in total. The number of fused-ring (bicyclic) bond motifs is 4. The maximum atomic E-state index is 13.8. The minimum absolute atomic E-state index is 0.0131. The molecule has 0 radical (unpaired) electrons. The molecule has 2 aliphatic rings. The van der Waals surface area contributed by atoms with Crippen molar-refractivity contribution in [1.82, 2.24) is 0 Å². The lowest BCUT2D eigenvalue weighted by Crippen LogP contribution is -2.37. The molecule has 6 aromatic carbocycles. The summed E-state index contributed by atoms with van der Waals surface area (Å²) in [4.78, 5) is 53.7. The zero-order valence-corrected chi connectivity index (χ0v) is 30.9. The Morgan fingerprint density at radius 3 is 1.17 bits per heavy atom. The monoisotopic (exact) mass is 822 g/mol. The predicted octanol–water partition coefficient (Wildman–Crippen LogP) is 10.6. The van der Waals surface area contributed by atoms with Gasteiger partial charge in [0.1, 0.15) is 23.0 Å². The molecule has 2 atom stereocenters. The van der Waals surface area contributed by atoms with Gasteiger partial charge in [-0.05, 0) is 120 Å². The van der Waals surface area contributed by atoms with Gasteiger partial charge in [-0.1, -0.05) is 37.1 Å². The Kier molecular flexibility index (Phi) is 10.7. The first-order chi connectivity index (χ1) is 28.8. The van der Waals surface area contributed by atoms with Gasteiger partial charge in [0.2, 0.25) is 0 Å². The first kappa shape index (κ1) is 39.6. The molecule has 302 valence electrons. The number of rotatable bonds is 6. The van der Waals surface area contributed by atoms with E-state index in [1.165, 1.54) is 84.9 Å². The van der Waals surface area contributed by atoms with Crippen molar-refractivity contribution in [3.8, 4) is 56.4 Å². The molecule has 60 heavy (non-hydrogen) atoms. The molecule has 1 aliphatic carbocycles. The summed E-state index contributed by atoms with van der Waals surface area (Å²) >= 11 is 0. The van der Waals surface area contributed by atoms with Crippen molar-refractivity contribution in [2.75, 3.05) is 0 Å². The lowest BCUT2D eigenvalue weighted by molar-refractivity contribution is -0.152. The van der Waals surface area contributed by atoms with Crippen LogP contribution in [0.25, 0.3) is 33.4 Å². The van der Waals surface area contributed by atoms with E-state index in [0.717, 1.165) is 24.3 Å². The smallest absolute Gasteiger partial charge is 0.343 e. The molecule has 0 spiro atoms. The molecule has 8 rings (SSSR count). The van der Waals surface area contributed by atoms with Crippen LogP contribution in [0, 0.1) is 46.7 Å². The van der Waals surface area contributed by atoms with E-state index in [1.54, 1.807) is 0 Å². The van der Waals surface area contributed by atoms with Crippen LogP contribution < -0.4 is 18.9 Å². The third-order valence-corrected chi connectivity index (χ3v) is 10.3. The first-order valence-corrected chi connectivity index (χ1v) is 18.5. The summed E-state index contributed by atoms with van der Waals surface area (Å²) in [5.41, 5.74) is 0.942. The normalized spacial score (nSPS) is 16.0. The molecule has 14 heteroatoms. The number of hydrogen-bond acceptors (Lipinski definition) is 8. The van der Waals surface area contributed by atoms with Gasteiger partial charge < -0.3 is 18.9 Å². The number of carbonyl (C=O) groups excluding carboxylic acids is 4. The number of esters is 4. The van der Waals surface area contributed by atoms with Crippen molar-refractivity contribution in [2.24, 2.45) is 11.8 Å². The summed E-state index contributed by atoms with van der Waals surface area (Å²) in [5, 5.41) is 0. The van der Waals surface area contributed by atoms with Gasteiger partial charge >= 0.3 is 23.9 Å². The molecule has 1 saturated carbocycles. The van der Waals surface area contributed by atoms with Gasteiger partial charge in [-0.25, -0.2) is 35.9 Å². The summed E-state index contributed by atoms with van der Waals surface area (Å²) in [6.45, 7) is 0. The van der Waals surface area contributed by atoms with Gasteiger partial charge in [-0.15, -0.1) is 0 Å². The fourth-order valence-corrected chi connectivity index (χ4v) is 7.18. The highest BCUT2D eigenvalue weighted by Gasteiger charge is 2.40. The maximum Gasteiger partial charge on any atom is 0.343 e. The Labute approximate surface area is 336 Å². The van der Waals surface area contributed by atoms with Crippen LogP contribution in [0.4, 0.5) is 26.3 Å². The Morgan fingerprint density at radius 2 is 0.817 bits per heavy atom. The molecule has 1 fully saturated rings. The maximum absolute atomic E-state index is 13.8. The van der Waals surface area contributed by atoms with Crippen molar-refractivity contribution in [2.45, 2.75) is 25.7 Å². The fourth-order valence-electron chi connectivity index (χ4n) is 7.18. The van der Waals surface area contributed by atoms with Crippen molar-refractivity contribution < 1.29 is 64.5 Å². The second-order valence-electron chi connectivity index (χ2n) is 14.1. The van der Waals surface area contributed by atoms with E-state index >= 15 is 0 Å². The lowest BCUT2D eigenvalue weighted by Gasteiger charge is -2.30. The largest absolute Gasteiger partial charge is 0.426 e. The van der Waals surface area contributed by atoms with Crippen LogP contribution in [0.2, 0.25) is 0 Å². The van der Waals surface area contributed by atoms with E-state index in [1.807, 2.05) is 0 Å². The van der Waals surface area contributed by atoms with Crippen LogP contribution in [0.3, 0.4) is 0 Å². The van der Waals surface area contributed by atoms with Crippen molar-refractivity contribution in [1.29, 1.82) is 0 Å². The molecule has 6 aromatic rings. The Morgan fingerprint density at radius 1 is 0.467 bits per heavy atom. The minimum Gasteiger partial charge on any atom is -0.426 e. The second kappa shape index (κ2) is 16.2. The van der Waals surface area contributed by atoms with E-state index in [-0.39, 0.29) is 67.5 Å². The molecule has 0 bridgehead atoms. The van der Waals surface area contributed by atoms with Crippen LogP contribution in [0.1, 0.15) is 46.4 Å². The third kappa shape index (κ3) is 7.95. The zero-order valence-electron chi connectivity index (χ0n) is 30.9. The van der Waals surface area contributed by atoms with Gasteiger partial charge in [-0.3, -0.25) is 9.59 Å². The van der Waals surface area contributed by atoms with Crippen molar-refractivity contribution >= 4 is 23.9 Å². The van der Waals surface area contributed by atoms with Gasteiger partial charge in [0, 0.05) is 11.1 Å². The number of ether oxygens (including phenoxy) is 4. The van der Waals surface area contributed by atoms with E-state index in [0.29, 0.717) is 25.7 Å². The topological polar surface area (TPSA) is 105 Å². The first-order valence-electron chi connectivity index (χ1n) is 18.5. The van der Waals surface area contributed by atoms with Crippen LogP contribution >= 0.6 is 0 Å². The number of benzene rings is 6. The Bertz CT molecular complexity index is 2480. The van der Waals surface area contributed by atoms with Crippen LogP contribution in [0.15, 0.2) is 109 Å². The summed E-state index contributed by atoms with van der Waals surface area (Å²) in [5.74, 6) is -13.4. The SMILES string of the molecule is O=C(Oc1ccc2c(c1)-c1cc(OC(=O)c3ccc(-c4cc(F)c(F)c(F)c4)cc3)ccc1OC(=O)[C@H]1CCCC[C@@H]1C(=O)O2)c1ccc(-c2cc(F)c(F)c(F)c2)cc1. The highest BCUT2D eigenvalue weighted by atomic mass is 19.2. The zero-order chi connectivity index (χ0) is 42.2. The Hall–Kier alpha value is -7.22. The van der Waals surface area contributed by atoms with Gasteiger partial charge in [0.25, 0.3) is 0 Å². The predicted molar refractivity (Wildman–Crippen MR) is 202 cm³/mol. The molecule has 0 amide bonds. The average Bonchev–Trinajstić information content (AvgIpc) is 3.25. The highest BCUT2D eigenvalue weighted by molar-refractivity contribution is 5.94. The van der Waals surface area contributed by atoms with Gasteiger partial charge in [-0.2, -0.15) is 0 Å². The molecule has 1 heterocycles. The quantitative estimate of drug-likeness (QED) is 0.0708. The molecule has 0 aromatic heterocycles. The van der Waals surface area contributed by atoms with Crippen molar-refractivity contribution in [3.05, 3.63) is 155 Å². The molecule has 0 N–H and O–H groups in total. The standard InChI is InChI=1S/C46H28F6O8/c47-35-17-27(18-36(48)41(35)51)23-5-9-25(10-6-23)43(53)57-29-13-15-39-33(21-29)34-22-30(14-16-40(34)60-46(56)32-4-2-1-3-31(32)45(55)59-39)58-44(54)26-11-7-24(8-12-26)28-19-37(49)42(52)38(50)20-28/h5-22,31-32H,1-4H2/t31-,32-/m0/s1. The number of halogens is 6. The number of hydrogen-bond donors (Lipinski definition) is 0. The van der Waals surface area contributed by atoms with E-state index < -0.39 is 70.6 Å². The van der Waals surface area contributed by atoms with Gasteiger partial charge in [0.15, 0.2) is 34.9 Å². The van der Waals surface area contributed by atoms with Gasteiger partial charge in [0.05, 0.1) is 23.0 Å². The number of carbonyl (C=O) groups is 4. The average molecular weight is 823 g/mol. The molecule has 0 saturated heterocycles. The molecule has 1 aliphatic heterocycles. The van der Waals surface area contributed by atoms with E-state index in [9.17, 15) is 45.5 Å². The minimum atomic E-state index is -1.61. The molecular formula is C46H28F6O8. The summed E-state index contributed by atoms with van der Waals surface area (Å²) in [6.07, 6.45) is 2.18. The highest BCUT2D eigenvalue weighted by Crippen LogP contribution is 2.44. The summed E-state index contributed by atoms with van der Waals surface area (Å²) in [6, 6.07) is 22.4. The Balaban J connectivity index is 1.10. The lowest BCUT2D eigenvalue weighted by atomic mass is 9.79. The van der Waals surface area contributed by atoms with Crippen molar-refractivity contribution in [3.63, 3.8) is 0 Å². The third-order valence-electron chi connectivity index (χ3n) is 10.3. The van der Waals surface area contributed by atoms with Crippen LogP contribution in [0.5, 0.6) is 23.0 Å². The van der Waals surface area contributed by atoms with E-state index in [4.69, 9.17) is 18.9 Å². The van der Waals surface area contributed by atoms with Crippen LogP contribution in [-0.4, -0.2) is 23.9 Å². The summed E-state index contributed by atoms with van der Waals surface area (Å²) in [7, 11) is 0. The fraction of sp³-hybridized carbons (Fsp3) is 0.130.